The van der Waals surface area contributed by atoms with Gasteiger partial charge >= 0.3 is 11.3 Å². The summed E-state index contributed by atoms with van der Waals surface area (Å²) >= 11 is 5.70. The monoisotopic (exact) mass is 417 g/mol. The van der Waals surface area contributed by atoms with Crippen LogP contribution in [0.3, 0.4) is 0 Å². The predicted molar refractivity (Wildman–Crippen MR) is 119 cm³/mol. The van der Waals surface area contributed by atoms with Crippen molar-refractivity contribution in [1.82, 2.24) is 10.2 Å². The molecule has 0 saturated heterocycles. The maximum absolute atomic E-state index is 12.5. The topological polar surface area (TPSA) is 65.2 Å². The van der Waals surface area contributed by atoms with E-state index in [9.17, 15) is 4.79 Å². The summed E-state index contributed by atoms with van der Waals surface area (Å²) in [5.41, 5.74) is 2.80. The second-order valence-electron chi connectivity index (χ2n) is 6.74. The highest BCUT2D eigenvalue weighted by Gasteiger charge is 2.27. The normalized spacial score (nSPS) is 10.5. The lowest BCUT2D eigenvalue weighted by atomic mass is 10.2. The van der Waals surface area contributed by atoms with Crippen LogP contribution in [0, 0.1) is 0 Å². The molecule has 0 fully saturated rings. The molecule has 150 valence electrons. The van der Waals surface area contributed by atoms with Crippen molar-refractivity contribution >= 4 is 23.0 Å². The summed E-state index contributed by atoms with van der Waals surface area (Å²) in [5, 5.41) is 6.46. The minimum Gasteiger partial charge on any atom is -0.334 e. The molecule has 7 heteroatoms. The van der Waals surface area contributed by atoms with Gasteiger partial charge in [-0.15, -0.1) is 0 Å². The van der Waals surface area contributed by atoms with Crippen molar-refractivity contribution in [1.29, 1.82) is 0 Å². The SMILES string of the molecule is O=c1o[nH][n+](-c2ccccc2)c1CN(Cc1ccccc1)C(=S)Nc1ccccc1. The fourth-order valence-electron chi connectivity index (χ4n) is 3.12. The number of para-hydroxylation sites is 2. The van der Waals surface area contributed by atoms with Gasteiger partial charge in [0.2, 0.25) is 5.69 Å². The number of nitrogens with zero attached hydrogens (tertiary/aromatic N) is 2. The summed E-state index contributed by atoms with van der Waals surface area (Å²) in [5.74, 6) is 0. The number of aromatic amines is 1. The molecule has 0 aliphatic carbocycles. The molecule has 30 heavy (non-hydrogen) atoms. The number of rotatable bonds is 6. The van der Waals surface area contributed by atoms with E-state index < -0.39 is 5.63 Å². The summed E-state index contributed by atoms with van der Waals surface area (Å²) < 4.78 is 6.74. The molecule has 3 aromatic carbocycles. The lowest BCUT2D eigenvalue weighted by Gasteiger charge is -2.24. The number of benzene rings is 3. The Morgan fingerprint density at radius 2 is 1.50 bits per heavy atom. The Bertz CT molecular complexity index is 1160. The maximum atomic E-state index is 12.5. The fraction of sp³-hybridized carbons (Fsp3) is 0.0870. The third-order valence-corrected chi connectivity index (χ3v) is 4.98. The summed E-state index contributed by atoms with van der Waals surface area (Å²) in [7, 11) is 0. The standard InChI is InChI=1S/C23H20N4O2S/c28-22-21(27(25-29-22)20-14-8-3-9-15-20)17-26(16-18-10-4-1-5-11-18)23(30)24-19-12-6-2-7-13-19/h1-15H,16-17H2,(H-,24,25,28,30)/p+1. The highest BCUT2D eigenvalue weighted by molar-refractivity contribution is 7.80. The van der Waals surface area contributed by atoms with Gasteiger partial charge in [0, 0.05) is 24.4 Å². The number of H-pyrrole nitrogens is 1. The van der Waals surface area contributed by atoms with E-state index in [0.29, 0.717) is 17.4 Å². The Morgan fingerprint density at radius 3 is 2.17 bits per heavy atom. The van der Waals surface area contributed by atoms with E-state index >= 15 is 0 Å². The van der Waals surface area contributed by atoms with E-state index in [1.165, 1.54) is 0 Å². The highest BCUT2D eigenvalue weighted by Crippen LogP contribution is 2.12. The Morgan fingerprint density at radius 1 is 0.900 bits per heavy atom. The van der Waals surface area contributed by atoms with Gasteiger partial charge < -0.3 is 10.2 Å². The van der Waals surface area contributed by atoms with Crippen LogP contribution >= 0.6 is 12.2 Å². The Labute approximate surface area is 179 Å². The first-order chi connectivity index (χ1) is 14.7. The van der Waals surface area contributed by atoms with Crippen LogP contribution in [-0.4, -0.2) is 15.3 Å². The molecule has 0 spiro atoms. The molecule has 4 aromatic rings. The first kappa shape index (κ1) is 19.6. The number of aromatic nitrogens is 2. The third-order valence-electron chi connectivity index (χ3n) is 4.62. The van der Waals surface area contributed by atoms with E-state index in [1.54, 1.807) is 4.68 Å². The molecule has 6 nitrogen and oxygen atoms in total. The Kier molecular flexibility index (Phi) is 6.01. The molecule has 0 bridgehead atoms. The average Bonchev–Trinajstić information content (AvgIpc) is 3.15. The van der Waals surface area contributed by atoms with Crippen LogP contribution in [0.1, 0.15) is 11.3 Å². The summed E-state index contributed by atoms with van der Waals surface area (Å²) in [6.07, 6.45) is 0. The van der Waals surface area contributed by atoms with Crippen molar-refractivity contribution in [2.75, 3.05) is 5.32 Å². The Hall–Kier alpha value is -3.71. The van der Waals surface area contributed by atoms with E-state index in [-0.39, 0.29) is 6.54 Å². The third kappa shape index (κ3) is 4.64. The summed E-state index contributed by atoms with van der Waals surface area (Å²) in [4.78, 5) is 14.4. The van der Waals surface area contributed by atoms with E-state index in [2.05, 4.69) is 10.6 Å². The summed E-state index contributed by atoms with van der Waals surface area (Å²) in [6, 6.07) is 29.2. The lowest BCUT2D eigenvalue weighted by Crippen LogP contribution is -2.44. The van der Waals surface area contributed by atoms with Crippen molar-refractivity contribution in [3.05, 3.63) is 113 Å². The number of thiocarbonyl (C=S) groups is 1. The quantitative estimate of drug-likeness (QED) is 0.370. The lowest BCUT2D eigenvalue weighted by molar-refractivity contribution is -0.678. The van der Waals surface area contributed by atoms with Gasteiger partial charge in [0.15, 0.2) is 5.11 Å². The molecule has 2 N–H and O–H groups in total. The molecule has 1 aromatic heterocycles. The van der Waals surface area contributed by atoms with E-state index in [0.717, 1.165) is 16.9 Å². The van der Waals surface area contributed by atoms with Crippen molar-refractivity contribution < 1.29 is 9.20 Å². The van der Waals surface area contributed by atoms with Gasteiger partial charge in [0.05, 0.1) is 0 Å². The van der Waals surface area contributed by atoms with Crippen molar-refractivity contribution in [3.8, 4) is 5.69 Å². The number of nitrogens with one attached hydrogen (secondary N) is 2. The van der Waals surface area contributed by atoms with Crippen LogP contribution < -0.4 is 15.6 Å². The van der Waals surface area contributed by atoms with Crippen LogP contribution in [0.4, 0.5) is 5.69 Å². The smallest absolute Gasteiger partial charge is 0.334 e. The molecule has 0 aliphatic rings. The predicted octanol–water partition coefficient (Wildman–Crippen LogP) is 3.64. The molecular weight excluding hydrogens is 396 g/mol. The van der Waals surface area contributed by atoms with E-state index in [1.807, 2.05) is 95.9 Å². The highest BCUT2D eigenvalue weighted by atomic mass is 32.1. The zero-order chi connectivity index (χ0) is 20.8. The second-order valence-corrected chi connectivity index (χ2v) is 7.12. The molecule has 0 saturated carbocycles. The first-order valence-corrected chi connectivity index (χ1v) is 9.94. The van der Waals surface area contributed by atoms with Crippen LogP contribution in [-0.2, 0) is 13.1 Å². The number of hydrogen-bond donors (Lipinski definition) is 2. The van der Waals surface area contributed by atoms with Crippen molar-refractivity contribution in [3.63, 3.8) is 0 Å². The van der Waals surface area contributed by atoms with Gasteiger partial charge in [0.25, 0.3) is 0 Å². The summed E-state index contributed by atoms with van der Waals surface area (Å²) in [6.45, 7) is 0.813. The zero-order valence-electron chi connectivity index (χ0n) is 16.2. The molecule has 1 heterocycles. The Balaban J connectivity index is 1.64. The minimum atomic E-state index is -0.431. The molecule has 0 aliphatic heterocycles. The van der Waals surface area contributed by atoms with Gasteiger partial charge in [-0.05, 0) is 39.9 Å². The maximum Gasteiger partial charge on any atom is 0.432 e. The minimum absolute atomic E-state index is 0.272. The van der Waals surface area contributed by atoms with Crippen LogP contribution in [0.15, 0.2) is 100 Å². The molecule has 0 amide bonds. The molecule has 0 unspecified atom stereocenters. The molecular formula is C23H21N4O2S+. The van der Waals surface area contributed by atoms with Gasteiger partial charge in [-0.2, -0.15) is 0 Å². The second kappa shape index (κ2) is 9.19. The van der Waals surface area contributed by atoms with E-state index in [4.69, 9.17) is 16.7 Å². The molecule has 4 rings (SSSR count). The van der Waals surface area contributed by atoms with Gasteiger partial charge in [-0.1, -0.05) is 66.7 Å². The molecule has 0 radical (unpaired) electrons. The van der Waals surface area contributed by atoms with Gasteiger partial charge in [-0.3, -0.25) is 4.52 Å². The fourth-order valence-corrected chi connectivity index (χ4v) is 3.37. The van der Waals surface area contributed by atoms with Crippen molar-refractivity contribution in [2.45, 2.75) is 13.1 Å². The van der Waals surface area contributed by atoms with Crippen LogP contribution in [0.25, 0.3) is 5.69 Å². The molecule has 0 atom stereocenters. The van der Waals surface area contributed by atoms with Crippen molar-refractivity contribution in [2.24, 2.45) is 0 Å². The van der Waals surface area contributed by atoms with Crippen LogP contribution in [0.5, 0.6) is 0 Å². The average molecular weight is 418 g/mol. The largest absolute Gasteiger partial charge is 0.432 e. The number of anilines is 1. The number of hydrogen-bond acceptors (Lipinski definition) is 3. The van der Waals surface area contributed by atoms with Gasteiger partial charge in [-0.25, -0.2) is 4.79 Å². The van der Waals surface area contributed by atoms with Crippen LogP contribution in [0.2, 0.25) is 0 Å². The zero-order valence-corrected chi connectivity index (χ0v) is 17.0. The first-order valence-electron chi connectivity index (χ1n) is 9.53. The van der Waals surface area contributed by atoms with Gasteiger partial charge in [0.1, 0.15) is 6.54 Å².